The molecule has 0 radical (unpaired) electrons. The first-order chi connectivity index (χ1) is 10.1. The predicted octanol–water partition coefficient (Wildman–Crippen LogP) is 3.84. The van der Waals surface area contributed by atoms with Crippen molar-refractivity contribution >= 4 is 33.1 Å². The summed E-state index contributed by atoms with van der Waals surface area (Å²) in [7, 11) is 6.43. The number of aromatic nitrogens is 2. The Morgan fingerprint density at radius 2 is 1.43 bits per heavy atom. The van der Waals surface area contributed by atoms with Gasteiger partial charge in [0.05, 0.1) is 32.9 Å². The molecule has 0 aliphatic carbocycles. The molecule has 0 amide bonds. The van der Waals surface area contributed by atoms with Gasteiger partial charge in [-0.05, 0) is 11.5 Å². The fourth-order valence-corrected chi connectivity index (χ4v) is 2.89. The summed E-state index contributed by atoms with van der Waals surface area (Å²) in [5, 5.41) is 3.74. The lowest BCUT2D eigenvalue weighted by Crippen LogP contribution is -2.35. The highest BCUT2D eigenvalue weighted by Crippen LogP contribution is 2.31. The third-order valence-electron chi connectivity index (χ3n) is 4.00. The lowest BCUT2D eigenvalue weighted by Gasteiger charge is -2.19. The predicted molar refractivity (Wildman–Crippen MR) is 89.8 cm³/mol. The number of quaternary nitrogens is 1. The van der Waals surface area contributed by atoms with Crippen LogP contribution in [0.3, 0.4) is 0 Å². The van der Waals surface area contributed by atoms with Gasteiger partial charge in [0.2, 0.25) is 5.82 Å². The number of nitrogens with zero attached hydrogens (tertiary/aromatic N) is 3. The molecule has 0 saturated heterocycles. The fraction of sp³-hybridized carbons (Fsp3) is 0.167. The largest absolute Gasteiger partial charge is 0.293 e. The van der Waals surface area contributed by atoms with E-state index < -0.39 is 0 Å². The van der Waals surface area contributed by atoms with Crippen LogP contribution in [0.5, 0.6) is 0 Å². The maximum atomic E-state index is 4.90. The van der Waals surface area contributed by atoms with E-state index in [-0.39, 0.29) is 0 Å². The van der Waals surface area contributed by atoms with Gasteiger partial charge >= 0.3 is 0 Å². The van der Waals surface area contributed by atoms with E-state index in [2.05, 4.69) is 80.3 Å². The van der Waals surface area contributed by atoms with E-state index in [1.54, 1.807) is 0 Å². The zero-order valence-electron chi connectivity index (χ0n) is 12.5. The van der Waals surface area contributed by atoms with Crippen molar-refractivity contribution < 1.29 is 0 Å². The molecule has 0 bridgehead atoms. The van der Waals surface area contributed by atoms with E-state index in [0.29, 0.717) is 4.48 Å². The van der Waals surface area contributed by atoms with Crippen LogP contribution in [-0.2, 0) is 0 Å². The van der Waals surface area contributed by atoms with Gasteiger partial charge in [0, 0.05) is 10.8 Å². The zero-order chi connectivity index (χ0) is 14.6. The third-order valence-corrected chi connectivity index (χ3v) is 4.00. The van der Waals surface area contributed by atoms with Crippen molar-refractivity contribution in [2.75, 3.05) is 21.1 Å². The van der Waals surface area contributed by atoms with Crippen LogP contribution in [0, 0.1) is 0 Å². The molecular weight excluding hydrogens is 258 g/mol. The average Bonchev–Trinajstić information content (AvgIpc) is 2.93. The number of benzene rings is 2. The minimum absolute atomic E-state index is 0.713. The molecule has 0 saturated carbocycles. The Hall–Kier alpha value is -2.39. The molecular formula is C18H18N3+. The highest BCUT2D eigenvalue weighted by molar-refractivity contribution is 6.11. The summed E-state index contributed by atoms with van der Waals surface area (Å²) >= 11 is 0. The average molecular weight is 276 g/mol. The Kier molecular flexibility index (Phi) is 2.39. The van der Waals surface area contributed by atoms with Crippen LogP contribution < -0.4 is 4.48 Å². The molecule has 104 valence electrons. The number of hydrogen-bond acceptors (Lipinski definition) is 1. The molecule has 0 aliphatic rings. The van der Waals surface area contributed by atoms with Gasteiger partial charge in [-0.2, -0.15) is 4.98 Å². The molecule has 0 N–H and O–H groups in total. The van der Waals surface area contributed by atoms with Gasteiger partial charge in [-0.25, -0.2) is 0 Å². The summed E-state index contributed by atoms with van der Waals surface area (Å²) in [5.74, 6) is 1.07. The monoisotopic (exact) mass is 276 g/mol. The van der Waals surface area contributed by atoms with Crippen LogP contribution in [-0.4, -0.2) is 30.5 Å². The Morgan fingerprint density at radius 1 is 0.810 bits per heavy atom. The number of fused-ring (bicyclic) bond motifs is 6. The summed E-state index contributed by atoms with van der Waals surface area (Å²) in [6.45, 7) is 0. The Morgan fingerprint density at radius 3 is 2.14 bits per heavy atom. The van der Waals surface area contributed by atoms with Crippen LogP contribution in [0.15, 0.2) is 54.7 Å². The molecule has 4 rings (SSSR count). The van der Waals surface area contributed by atoms with E-state index in [1.165, 1.54) is 21.7 Å². The van der Waals surface area contributed by atoms with Crippen molar-refractivity contribution in [1.82, 2.24) is 13.9 Å². The first kappa shape index (κ1) is 12.4. The minimum atomic E-state index is 0.713. The van der Waals surface area contributed by atoms with Crippen molar-refractivity contribution in [2.45, 2.75) is 0 Å². The smallest absolute Gasteiger partial charge is 0.245 e. The number of hydrogen-bond donors (Lipinski definition) is 0. The zero-order valence-corrected chi connectivity index (χ0v) is 12.5. The highest BCUT2D eigenvalue weighted by Gasteiger charge is 2.19. The fourth-order valence-electron chi connectivity index (χ4n) is 2.89. The second-order valence-electron chi connectivity index (χ2n) is 6.37. The quantitative estimate of drug-likeness (QED) is 0.381. The summed E-state index contributed by atoms with van der Waals surface area (Å²) in [5.41, 5.74) is 2.24. The summed E-state index contributed by atoms with van der Waals surface area (Å²) < 4.78 is 2.93. The molecule has 0 atom stereocenters. The van der Waals surface area contributed by atoms with Gasteiger partial charge < -0.3 is 0 Å². The number of imidazole rings is 1. The van der Waals surface area contributed by atoms with Crippen molar-refractivity contribution in [3.8, 4) is 0 Å². The maximum Gasteiger partial charge on any atom is 0.245 e. The summed E-state index contributed by atoms with van der Waals surface area (Å²) in [6, 6.07) is 17.0. The Balaban J connectivity index is 2.29. The highest BCUT2D eigenvalue weighted by atomic mass is 15.3. The molecule has 3 nitrogen and oxygen atoms in total. The van der Waals surface area contributed by atoms with Gasteiger partial charge in [-0.3, -0.25) is 8.88 Å². The molecule has 2 aromatic heterocycles. The molecule has 3 heteroatoms. The van der Waals surface area contributed by atoms with E-state index >= 15 is 0 Å². The lowest BCUT2D eigenvalue weighted by molar-refractivity contribution is 0.475. The van der Waals surface area contributed by atoms with Gasteiger partial charge in [-0.1, -0.05) is 42.5 Å². The standard InChI is InChI=1S/C18H18N3/c1-21(2,3)17-12-20-16-11-7-6-9-14(16)13-8-4-5-10-15(13)18(20)19-17/h4-12H,1-3H3/q+1. The van der Waals surface area contributed by atoms with E-state index in [9.17, 15) is 0 Å². The third kappa shape index (κ3) is 1.74. The summed E-state index contributed by atoms with van der Waals surface area (Å²) in [6.07, 6.45) is 2.16. The SMILES string of the molecule is C[N+](C)(C)c1cn2c3ccccc3c3ccccc3c2n1. The normalized spacial score (nSPS) is 12.5. The molecule has 21 heavy (non-hydrogen) atoms. The van der Waals surface area contributed by atoms with Crippen molar-refractivity contribution in [3.05, 3.63) is 54.7 Å². The molecule has 2 heterocycles. The first-order valence-corrected chi connectivity index (χ1v) is 7.16. The van der Waals surface area contributed by atoms with Crippen LogP contribution in [0.25, 0.3) is 27.3 Å². The minimum Gasteiger partial charge on any atom is -0.293 e. The molecule has 0 spiro atoms. The molecule has 0 fully saturated rings. The summed E-state index contributed by atoms with van der Waals surface area (Å²) in [4.78, 5) is 4.90. The second-order valence-corrected chi connectivity index (χ2v) is 6.37. The van der Waals surface area contributed by atoms with Crippen molar-refractivity contribution in [2.24, 2.45) is 0 Å². The Labute approximate surface area is 123 Å². The van der Waals surface area contributed by atoms with Gasteiger partial charge in [0.1, 0.15) is 0 Å². The number of pyridine rings is 1. The van der Waals surface area contributed by atoms with Crippen LogP contribution in [0.2, 0.25) is 0 Å². The molecule has 4 aromatic rings. The second kappa shape index (κ2) is 4.06. The maximum absolute atomic E-state index is 4.90. The van der Waals surface area contributed by atoms with Crippen LogP contribution in [0.4, 0.5) is 5.82 Å². The van der Waals surface area contributed by atoms with Crippen molar-refractivity contribution in [3.63, 3.8) is 0 Å². The van der Waals surface area contributed by atoms with Crippen LogP contribution in [0.1, 0.15) is 0 Å². The number of rotatable bonds is 1. The van der Waals surface area contributed by atoms with E-state index in [4.69, 9.17) is 4.98 Å². The number of para-hydroxylation sites is 1. The van der Waals surface area contributed by atoms with E-state index in [1.807, 2.05) is 0 Å². The van der Waals surface area contributed by atoms with Gasteiger partial charge in [0.15, 0.2) is 5.65 Å². The van der Waals surface area contributed by atoms with E-state index in [0.717, 1.165) is 11.5 Å². The topological polar surface area (TPSA) is 17.3 Å². The van der Waals surface area contributed by atoms with Crippen molar-refractivity contribution in [1.29, 1.82) is 0 Å². The molecule has 0 aliphatic heterocycles. The molecule has 0 unspecified atom stereocenters. The Bertz CT molecular complexity index is 901. The lowest BCUT2D eigenvalue weighted by atomic mass is 10.1. The van der Waals surface area contributed by atoms with Crippen LogP contribution >= 0.6 is 0 Å². The van der Waals surface area contributed by atoms with Gasteiger partial charge in [-0.15, -0.1) is 0 Å². The van der Waals surface area contributed by atoms with Gasteiger partial charge in [0.25, 0.3) is 0 Å². The molecule has 2 aromatic carbocycles. The first-order valence-electron chi connectivity index (χ1n) is 7.16.